The van der Waals surface area contributed by atoms with E-state index in [1.54, 1.807) is 36.7 Å². The lowest BCUT2D eigenvalue weighted by Gasteiger charge is -2.10. The average molecular weight is 454 g/mol. The van der Waals surface area contributed by atoms with Gasteiger partial charge in [-0.15, -0.1) is 0 Å². The smallest absolute Gasteiger partial charge is 0.319 e. The predicted molar refractivity (Wildman–Crippen MR) is 130 cm³/mol. The minimum Gasteiger partial charge on any atom is -0.348 e. The highest BCUT2D eigenvalue weighted by molar-refractivity contribution is 5.94. The molecule has 170 valence electrons. The number of anilines is 1. The number of nitrogens with one attached hydrogen (secondary N) is 4. The molecule has 4 rings (SSSR count). The van der Waals surface area contributed by atoms with Crippen LogP contribution in [0.5, 0.6) is 0 Å². The first-order valence-electron chi connectivity index (χ1n) is 10.7. The van der Waals surface area contributed by atoms with Crippen molar-refractivity contribution in [2.24, 2.45) is 0 Å². The summed E-state index contributed by atoms with van der Waals surface area (Å²) in [5.74, 6) is -0.477. The van der Waals surface area contributed by atoms with E-state index in [-0.39, 0.29) is 18.1 Å². The van der Waals surface area contributed by atoms with E-state index in [0.717, 1.165) is 16.7 Å². The van der Waals surface area contributed by atoms with Crippen molar-refractivity contribution >= 4 is 17.6 Å². The second-order valence-corrected chi connectivity index (χ2v) is 7.53. The molecule has 0 bridgehead atoms. The van der Waals surface area contributed by atoms with Gasteiger partial charge in [-0.25, -0.2) is 4.79 Å². The van der Waals surface area contributed by atoms with Gasteiger partial charge in [-0.05, 0) is 53.1 Å². The van der Waals surface area contributed by atoms with Gasteiger partial charge >= 0.3 is 6.03 Å². The van der Waals surface area contributed by atoms with Crippen LogP contribution in [-0.4, -0.2) is 21.9 Å². The van der Waals surface area contributed by atoms with Crippen molar-refractivity contribution in [3.8, 4) is 11.3 Å². The molecule has 4 aromatic rings. The van der Waals surface area contributed by atoms with Crippen LogP contribution in [0, 0.1) is 0 Å². The van der Waals surface area contributed by atoms with Gasteiger partial charge in [-0.1, -0.05) is 42.5 Å². The van der Waals surface area contributed by atoms with Crippen LogP contribution in [0.2, 0.25) is 0 Å². The highest BCUT2D eigenvalue weighted by atomic mass is 16.2. The molecule has 4 N–H and O–H groups in total. The number of hydrogen-bond donors (Lipinski definition) is 4. The Kier molecular flexibility index (Phi) is 7.09. The van der Waals surface area contributed by atoms with Gasteiger partial charge in [0.2, 0.25) is 0 Å². The number of benzene rings is 2. The predicted octanol–water partition coefficient (Wildman–Crippen LogP) is 3.69. The number of rotatable bonds is 7. The molecule has 0 aliphatic heterocycles. The van der Waals surface area contributed by atoms with Gasteiger partial charge in [0.1, 0.15) is 5.56 Å². The lowest BCUT2D eigenvalue weighted by atomic mass is 10.1. The summed E-state index contributed by atoms with van der Waals surface area (Å²) in [4.78, 5) is 43.8. The first kappa shape index (κ1) is 22.5. The van der Waals surface area contributed by atoms with E-state index in [4.69, 9.17) is 0 Å². The molecule has 8 heteroatoms. The second kappa shape index (κ2) is 10.7. The summed E-state index contributed by atoms with van der Waals surface area (Å²) >= 11 is 0. The van der Waals surface area contributed by atoms with Crippen LogP contribution in [0.25, 0.3) is 11.3 Å². The topological polar surface area (TPSA) is 116 Å². The molecule has 0 atom stereocenters. The summed E-state index contributed by atoms with van der Waals surface area (Å²) in [6.45, 7) is 0.578. The van der Waals surface area contributed by atoms with Gasteiger partial charge in [-0.2, -0.15) is 0 Å². The number of hydrogen-bond acceptors (Lipinski definition) is 4. The van der Waals surface area contributed by atoms with Crippen LogP contribution in [0.15, 0.2) is 96.1 Å². The van der Waals surface area contributed by atoms with E-state index in [2.05, 4.69) is 25.9 Å². The molecule has 0 spiro atoms. The molecule has 2 aromatic carbocycles. The van der Waals surface area contributed by atoms with Gasteiger partial charge in [-0.3, -0.25) is 14.6 Å². The molecule has 34 heavy (non-hydrogen) atoms. The van der Waals surface area contributed by atoms with Gasteiger partial charge in [0.05, 0.1) is 0 Å². The highest BCUT2D eigenvalue weighted by Gasteiger charge is 2.11. The van der Waals surface area contributed by atoms with Crippen molar-refractivity contribution in [1.82, 2.24) is 20.6 Å². The van der Waals surface area contributed by atoms with Crippen LogP contribution in [-0.2, 0) is 13.1 Å². The van der Waals surface area contributed by atoms with Gasteiger partial charge in [0.25, 0.3) is 11.5 Å². The van der Waals surface area contributed by atoms with Crippen LogP contribution in [0.1, 0.15) is 21.5 Å². The molecule has 0 radical (unpaired) electrons. The molecular weight excluding hydrogens is 430 g/mol. The number of amides is 3. The number of urea groups is 1. The molecule has 0 aliphatic rings. The number of aromatic nitrogens is 2. The molecule has 0 saturated carbocycles. The van der Waals surface area contributed by atoms with Crippen molar-refractivity contribution in [2.75, 3.05) is 5.32 Å². The van der Waals surface area contributed by atoms with Crippen LogP contribution in [0.3, 0.4) is 0 Å². The fraction of sp³-hybridized carbons (Fsp3) is 0.0769. The minimum atomic E-state index is -0.477. The molecule has 0 saturated heterocycles. The number of carbonyl (C=O) groups is 2. The molecule has 0 unspecified atom stereocenters. The molecule has 0 fully saturated rings. The largest absolute Gasteiger partial charge is 0.348 e. The van der Waals surface area contributed by atoms with E-state index in [9.17, 15) is 14.4 Å². The fourth-order valence-electron chi connectivity index (χ4n) is 3.33. The Labute approximate surface area is 196 Å². The summed E-state index contributed by atoms with van der Waals surface area (Å²) in [5.41, 5.74) is 3.38. The number of nitrogens with zero attached hydrogens (tertiary/aromatic N) is 1. The third kappa shape index (κ3) is 5.95. The average Bonchev–Trinajstić information content (AvgIpc) is 2.87. The summed E-state index contributed by atoms with van der Waals surface area (Å²) in [7, 11) is 0. The summed E-state index contributed by atoms with van der Waals surface area (Å²) in [6.07, 6.45) is 3.33. The Morgan fingerprint density at radius 3 is 2.32 bits per heavy atom. The zero-order valence-corrected chi connectivity index (χ0v) is 18.2. The Morgan fingerprint density at radius 2 is 1.56 bits per heavy atom. The van der Waals surface area contributed by atoms with Crippen LogP contribution >= 0.6 is 0 Å². The summed E-state index contributed by atoms with van der Waals surface area (Å²) < 4.78 is 0. The minimum absolute atomic E-state index is 0.0319. The molecular formula is C26H23N5O3. The standard InChI is InChI=1S/C26H23N5O3/c32-24(22-9-10-23(31-25(22)33)20-6-2-1-3-7-20)28-17-19-5-4-8-21(15-19)30-26(34)29-16-18-11-13-27-14-12-18/h1-15H,16-17H2,(H,28,32)(H,31,33)(H2,29,30,34). The summed E-state index contributed by atoms with van der Waals surface area (Å²) in [5, 5.41) is 8.29. The lowest BCUT2D eigenvalue weighted by molar-refractivity contribution is 0.0949. The molecule has 0 aliphatic carbocycles. The van der Waals surface area contributed by atoms with Crippen LogP contribution < -0.4 is 21.5 Å². The molecule has 8 nitrogen and oxygen atoms in total. The van der Waals surface area contributed by atoms with E-state index in [1.807, 2.05) is 48.5 Å². The molecule has 2 aromatic heterocycles. The Hall–Kier alpha value is -4.72. The number of H-pyrrole nitrogens is 1. The molecule has 3 amide bonds. The van der Waals surface area contributed by atoms with Crippen molar-refractivity contribution in [2.45, 2.75) is 13.1 Å². The maximum absolute atomic E-state index is 12.6. The third-order valence-electron chi connectivity index (χ3n) is 5.08. The van der Waals surface area contributed by atoms with E-state index in [1.165, 1.54) is 6.07 Å². The van der Waals surface area contributed by atoms with E-state index in [0.29, 0.717) is 17.9 Å². The Bertz CT molecular complexity index is 1340. The van der Waals surface area contributed by atoms with Gasteiger partial charge in [0, 0.05) is 36.9 Å². The number of aromatic amines is 1. The monoisotopic (exact) mass is 453 g/mol. The van der Waals surface area contributed by atoms with E-state index < -0.39 is 11.5 Å². The maximum Gasteiger partial charge on any atom is 0.319 e. The fourth-order valence-corrected chi connectivity index (χ4v) is 3.33. The maximum atomic E-state index is 12.6. The normalized spacial score (nSPS) is 10.4. The van der Waals surface area contributed by atoms with Gasteiger partial charge in [0.15, 0.2) is 0 Å². The molecule has 2 heterocycles. The number of carbonyl (C=O) groups excluding carboxylic acids is 2. The highest BCUT2D eigenvalue weighted by Crippen LogP contribution is 2.15. The van der Waals surface area contributed by atoms with Crippen molar-refractivity contribution < 1.29 is 9.59 Å². The van der Waals surface area contributed by atoms with Crippen molar-refractivity contribution in [1.29, 1.82) is 0 Å². The first-order valence-corrected chi connectivity index (χ1v) is 10.7. The number of pyridine rings is 2. The van der Waals surface area contributed by atoms with Gasteiger partial charge < -0.3 is 20.9 Å². The van der Waals surface area contributed by atoms with Crippen molar-refractivity contribution in [3.05, 3.63) is 118 Å². The van der Waals surface area contributed by atoms with Crippen molar-refractivity contribution in [3.63, 3.8) is 0 Å². The zero-order valence-electron chi connectivity index (χ0n) is 18.2. The van der Waals surface area contributed by atoms with E-state index >= 15 is 0 Å². The SMILES string of the molecule is O=C(NCc1ccncc1)Nc1cccc(CNC(=O)c2ccc(-c3ccccc3)[nH]c2=O)c1. The first-order chi connectivity index (χ1) is 16.6. The third-order valence-corrected chi connectivity index (χ3v) is 5.08. The Balaban J connectivity index is 1.33. The second-order valence-electron chi connectivity index (χ2n) is 7.53. The lowest BCUT2D eigenvalue weighted by Crippen LogP contribution is -2.29. The zero-order chi connectivity index (χ0) is 23.8. The quantitative estimate of drug-likeness (QED) is 0.342. The summed E-state index contributed by atoms with van der Waals surface area (Å²) in [6, 6.07) is 23.0. The Morgan fingerprint density at radius 1 is 0.794 bits per heavy atom. The van der Waals surface area contributed by atoms with Crippen LogP contribution in [0.4, 0.5) is 10.5 Å².